The van der Waals surface area contributed by atoms with Crippen molar-refractivity contribution in [2.45, 2.75) is 43.0 Å². The van der Waals surface area contributed by atoms with Crippen LogP contribution in [0.3, 0.4) is 0 Å². The number of nitrogens with two attached hydrogens (primary N) is 1. The van der Waals surface area contributed by atoms with E-state index < -0.39 is 59.3 Å². The average Bonchev–Trinajstić information content (AvgIpc) is 3.36. The average molecular weight is 609 g/mol. The molecule has 0 aliphatic carbocycles. The fraction of sp³-hybridized carbons (Fsp3) is 0.233. The molecule has 0 saturated carbocycles. The van der Waals surface area contributed by atoms with Crippen LogP contribution in [0, 0.1) is 12.7 Å². The van der Waals surface area contributed by atoms with Gasteiger partial charge in [0.15, 0.2) is 0 Å². The summed E-state index contributed by atoms with van der Waals surface area (Å²) in [5, 5.41) is 0.330. The van der Waals surface area contributed by atoms with Crippen molar-refractivity contribution in [2.75, 3.05) is 5.75 Å². The second-order valence-electron chi connectivity index (χ2n) is 9.79. The summed E-state index contributed by atoms with van der Waals surface area (Å²) in [6, 6.07) is 15.0. The Labute approximate surface area is 239 Å². The number of hydrogen-bond donors (Lipinski definition) is 1. The maximum Gasteiger partial charge on any atom is 0.573 e. The monoisotopic (exact) mass is 608 g/mol. The third-order valence-corrected chi connectivity index (χ3v) is 8.42. The molecule has 1 aliphatic heterocycles. The lowest BCUT2D eigenvalue weighted by Gasteiger charge is -2.25. The van der Waals surface area contributed by atoms with Crippen LogP contribution >= 0.6 is 11.8 Å². The molecule has 0 spiro atoms. The first-order valence-corrected chi connectivity index (χ1v) is 13.7. The van der Waals surface area contributed by atoms with Gasteiger partial charge in [0.25, 0.3) is 5.56 Å². The minimum atomic E-state index is -4.99. The molecule has 42 heavy (non-hydrogen) atoms. The molecular weight excluding hydrogens is 585 g/mol. The third kappa shape index (κ3) is 5.78. The van der Waals surface area contributed by atoms with Crippen molar-refractivity contribution in [3.05, 3.63) is 117 Å². The number of thioether (sulfide) groups is 1. The third-order valence-electron chi connectivity index (χ3n) is 7.19. The lowest BCUT2D eigenvalue weighted by molar-refractivity contribution is -0.274. The first-order chi connectivity index (χ1) is 19.8. The van der Waals surface area contributed by atoms with Gasteiger partial charge in [-0.1, -0.05) is 48.5 Å². The van der Waals surface area contributed by atoms with Crippen LogP contribution in [-0.2, 0) is 12.6 Å². The van der Waals surface area contributed by atoms with Crippen molar-refractivity contribution in [1.29, 1.82) is 0 Å². The van der Waals surface area contributed by atoms with E-state index in [1.54, 1.807) is 30.3 Å². The summed E-state index contributed by atoms with van der Waals surface area (Å²) in [5.41, 5.74) is 5.43. The van der Waals surface area contributed by atoms with E-state index in [2.05, 4.69) is 4.74 Å². The molecule has 0 radical (unpaired) electrons. The number of ether oxygens (including phenoxy) is 1. The smallest absolute Gasteiger partial charge is 0.406 e. The van der Waals surface area contributed by atoms with Crippen LogP contribution in [0.1, 0.15) is 39.9 Å². The molecule has 1 aliphatic rings. The number of benzene rings is 3. The maximum absolute atomic E-state index is 15.0. The predicted octanol–water partition coefficient (Wildman–Crippen LogP) is 7.82. The Hall–Kier alpha value is -3.77. The molecule has 2 heterocycles. The normalized spacial score (nSPS) is 15.9. The molecule has 1 unspecified atom stereocenters. The molecule has 4 nitrogen and oxygen atoms in total. The van der Waals surface area contributed by atoms with Crippen LogP contribution in [0.5, 0.6) is 5.75 Å². The number of fused-ring (bicyclic) bond motifs is 1. The number of pyridine rings is 1. The van der Waals surface area contributed by atoms with Crippen molar-refractivity contribution in [3.63, 3.8) is 0 Å². The van der Waals surface area contributed by atoms with Gasteiger partial charge in [-0.05, 0) is 53.4 Å². The van der Waals surface area contributed by atoms with Gasteiger partial charge in [-0.15, -0.1) is 24.9 Å². The molecule has 3 aromatic carbocycles. The molecule has 1 aromatic heterocycles. The summed E-state index contributed by atoms with van der Waals surface area (Å²) in [6.45, 7) is 1.49. The van der Waals surface area contributed by atoms with Crippen molar-refractivity contribution in [1.82, 2.24) is 4.57 Å². The Morgan fingerprint density at radius 1 is 0.976 bits per heavy atom. The molecule has 4 aromatic rings. The van der Waals surface area contributed by atoms with E-state index in [0.717, 1.165) is 30.3 Å². The van der Waals surface area contributed by atoms with E-state index in [4.69, 9.17) is 5.73 Å². The molecule has 0 bridgehead atoms. The Balaban J connectivity index is 1.75. The summed E-state index contributed by atoms with van der Waals surface area (Å²) in [7, 11) is 0. The van der Waals surface area contributed by atoms with E-state index in [1.165, 1.54) is 35.4 Å². The fourth-order valence-corrected chi connectivity index (χ4v) is 6.71. The van der Waals surface area contributed by atoms with Gasteiger partial charge in [0.1, 0.15) is 11.6 Å². The highest BCUT2D eigenvalue weighted by Crippen LogP contribution is 2.44. The molecule has 0 amide bonds. The van der Waals surface area contributed by atoms with Crippen molar-refractivity contribution in [2.24, 2.45) is 5.73 Å². The Morgan fingerprint density at radius 2 is 1.67 bits per heavy atom. The van der Waals surface area contributed by atoms with Gasteiger partial charge in [-0.3, -0.25) is 9.36 Å². The highest BCUT2D eigenvalue weighted by atomic mass is 32.2. The Morgan fingerprint density at radius 3 is 2.33 bits per heavy atom. The molecular formula is C30H23F7N2O2S. The SMILES string of the molecule is Cc1c(Cc2c(F)cccc2C(F)(F)F)c2n(c(=O)c1-c1cccc(OC(F)(F)F)c1)[C@H](C(N)c1ccccc1)CS2. The Bertz CT molecular complexity index is 1680. The first-order valence-electron chi connectivity index (χ1n) is 12.7. The van der Waals surface area contributed by atoms with Gasteiger partial charge in [0, 0.05) is 17.7 Å². The van der Waals surface area contributed by atoms with Gasteiger partial charge in [-0.2, -0.15) is 13.2 Å². The highest BCUT2D eigenvalue weighted by molar-refractivity contribution is 7.99. The van der Waals surface area contributed by atoms with Crippen LogP contribution < -0.4 is 16.0 Å². The number of alkyl halides is 6. The fourth-order valence-electron chi connectivity index (χ4n) is 5.27. The quantitative estimate of drug-likeness (QED) is 0.227. The van der Waals surface area contributed by atoms with E-state index in [1.807, 2.05) is 0 Å². The maximum atomic E-state index is 15.0. The van der Waals surface area contributed by atoms with Crippen LogP contribution in [0.25, 0.3) is 11.1 Å². The standard InChI is InChI=1S/C30H23F7N2O2S/c1-16-20(14-21-22(29(32,33)34)11-6-12-23(21)31)28-39(24(15-42-28)26(38)17-7-3-2-4-8-17)27(40)25(16)18-9-5-10-19(13-18)41-30(35,36)37/h2-13,24,26H,14-15,38H2,1H3/t24-,26?/m0/s1. The zero-order valence-corrected chi connectivity index (χ0v) is 22.7. The van der Waals surface area contributed by atoms with Gasteiger partial charge in [0.05, 0.1) is 28.2 Å². The van der Waals surface area contributed by atoms with Crippen LogP contribution in [0.15, 0.2) is 82.6 Å². The van der Waals surface area contributed by atoms with Crippen LogP contribution in [0.4, 0.5) is 30.7 Å². The van der Waals surface area contributed by atoms with Gasteiger partial charge in [-0.25, -0.2) is 4.39 Å². The van der Waals surface area contributed by atoms with Gasteiger partial charge in [0.2, 0.25) is 0 Å². The minimum Gasteiger partial charge on any atom is -0.406 e. The van der Waals surface area contributed by atoms with Crippen molar-refractivity contribution >= 4 is 11.8 Å². The van der Waals surface area contributed by atoms with Gasteiger partial charge < -0.3 is 10.5 Å². The van der Waals surface area contributed by atoms with Crippen LogP contribution in [-0.4, -0.2) is 16.7 Å². The zero-order chi connectivity index (χ0) is 30.4. The molecule has 2 atom stereocenters. The van der Waals surface area contributed by atoms with E-state index in [9.17, 15) is 35.5 Å². The van der Waals surface area contributed by atoms with Crippen molar-refractivity contribution < 1.29 is 35.5 Å². The Kier molecular flexibility index (Phi) is 7.88. The highest BCUT2D eigenvalue weighted by Gasteiger charge is 2.38. The first kappa shape index (κ1) is 29.7. The minimum absolute atomic E-state index is 0.0426. The number of rotatable bonds is 6. The number of halogens is 7. The lowest BCUT2D eigenvalue weighted by Crippen LogP contribution is -2.33. The second kappa shape index (κ2) is 11.1. The largest absolute Gasteiger partial charge is 0.573 e. The molecule has 0 saturated heterocycles. The lowest BCUT2D eigenvalue weighted by atomic mass is 9.92. The number of hydrogen-bond acceptors (Lipinski definition) is 4. The summed E-state index contributed by atoms with van der Waals surface area (Å²) in [5.74, 6) is -1.36. The predicted molar refractivity (Wildman–Crippen MR) is 145 cm³/mol. The van der Waals surface area contributed by atoms with E-state index >= 15 is 0 Å². The molecule has 5 rings (SSSR count). The molecule has 2 N–H and O–H groups in total. The van der Waals surface area contributed by atoms with E-state index in [-0.39, 0.29) is 22.3 Å². The van der Waals surface area contributed by atoms with E-state index in [0.29, 0.717) is 16.3 Å². The molecule has 220 valence electrons. The molecule has 0 fully saturated rings. The summed E-state index contributed by atoms with van der Waals surface area (Å²) in [4.78, 5) is 14.1. The van der Waals surface area contributed by atoms with Gasteiger partial charge >= 0.3 is 12.5 Å². The zero-order valence-electron chi connectivity index (χ0n) is 21.9. The second-order valence-corrected chi connectivity index (χ2v) is 10.8. The van der Waals surface area contributed by atoms with Crippen molar-refractivity contribution in [3.8, 4) is 16.9 Å². The summed E-state index contributed by atoms with van der Waals surface area (Å²) in [6.07, 6.45) is -10.4. The van der Waals surface area contributed by atoms with Crippen LogP contribution in [0.2, 0.25) is 0 Å². The summed E-state index contributed by atoms with van der Waals surface area (Å²) < 4.78 is 101. The topological polar surface area (TPSA) is 57.2 Å². The number of aromatic nitrogens is 1. The molecule has 12 heteroatoms. The number of nitrogens with zero attached hydrogens (tertiary/aromatic N) is 1. The summed E-state index contributed by atoms with van der Waals surface area (Å²) >= 11 is 1.21.